The SMILES string of the molecule is Cc1ccc(OCC(=O)Nc2ccccc2C(=O)NCCN)cc1C.Cl. The highest BCUT2D eigenvalue weighted by atomic mass is 35.5. The van der Waals surface area contributed by atoms with Crippen LogP contribution in [0.5, 0.6) is 5.75 Å². The molecule has 0 aliphatic carbocycles. The van der Waals surface area contributed by atoms with E-state index in [0.717, 1.165) is 11.1 Å². The summed E-state index contributed by atoms with van der Waals surface area (Å²) in [5.41, 5.74) is 8.47. The molecule has 0 radical (unpaired) electrons. The molecule has 0 bridgehead atoms. The average Bonchev–Trinajstić information content (AvgIpc) is 2.61. The molecule has 6 nitrogen and oxygen atoms in total. The number of carbonyl (C=O) groups excluding carboxylic acids is 2. The van der Waals surface area contributed by atoms with Crippen LogP contribution in [0.4, 0.5) is 5.69 Å². The molecule has 26 heavy (non-hydrogen) atoms. The standard InChI is InChI=1S/C19H23N3O3.ClH/c1-13-7-8-15(11-14(13)2)25-12-18(23)22-17-6-4-3-5-16(17)19(24)21-10-9-20;/h3-8,11H,9-10,12,20H2,1-2H3,(H,21,24)(H,22,23);1H. The van der Waals surface area contributed by atoms with Gasteiger partial charge in [0.1, 0.15) is 5.75 Å². The van der Waals surface area contributed by atoms with Crippen molar-refractivity contribution in [2.45, 2.75) is 13.8 Å². The van der Waals surface area contributed by atoms with Crippen LogP contribution in [0.3, 0.4) is 0 Å². The molecule has 0 unspecified atom stereocenters. The predicted octanol–water partition coefficient (Wildman–Crippen LogP) is 2.43. The number of amides is 2. The van der Waals surface area contributed by atoms with Crippen LogP contribution in [-0.2, 0) is 4.79 Å². The minimum atomic E-state index is -0.336. The molecule has 0 aromatic heterocycles. The number of ether oxygens (including phenoxy) is 1. The smallest absolute Gasteiger partial charge is 0.262 e. The summed E-state index contributed by atoms with van der Waals surface area (Å²) in [4.78, 5) is 24.2. The molecule has 2 amide bonds. The second kappa shape index (κ2) is 10.4. The van der Waals surface area contributed by atoms with Crippen LogP contribution in [-0.4, -0.2) is 31.5 Å². The van der Waals surface area contributed by atoms with Gasteiger partial charge in [-0.25, -0.2) is 0 Å². The van der Waals surface area contributed by atoms with E-state index in [1.807, 2.05) is 32.0 Å². The van der Waals surface area contributed by atoms with Gasteiger partial charge in [0.2, 0.25) is 0 Å². The van der Waals surface area contributed by atoms with Gasteiger partial charge in [0, 0.05) is 13.1 Å². The zero-order chi connectivity index (χ0) is 18.2. The predicted molar refractivity (Wildman–Crippen MR) is 105 cm³/mol. The van der Waals surface area contributed by atoms with Crippen molar-refractivity contribution in [3.8, 4) is 5.75 Å². The summed E-state index contributed by atoms with van der Waals surface area (Å²) in [6.07, 6.45) is 0. The topological polar surface area (TPSA) is 93.4 Å². The molecule has 0 saturated heterocycles. The molecule has 2 aromatic rings. The van der Waals surface area contributed by atoms with Crippen molar-refractivity contribution < 1.29 is 14.3 Å². The molecule has 2 rings (SSSR count). The zero-order valence-electron chi connectivity index (χ0n) is 14.9. The number of benzene rings is 2. The summed E-state index contributed by atoms with van der Waals surface area (Å²) in [6.45, 7) is 4.58. The molecule has 2 aromatic carbocycles. The van der Waals surface area contributed by atoms with Gasteiger partial charge in [-0.3, -0.25) is 9.59 Å². The second-order valence-electron chi connectivity index (χ2n) is 5.67. The third-order valence-corrected chi connectivity index (χ3v) is 3.72. The molecule has 140 valence electrons. The maximum Gasteiger partial charge on any atom is 0.262 e. The Bertz CT molecular complexity index is 765. The molecule has 0 spiro atoms. The van der Waals surface area contributed by atoms with Gasteiger partial charge in [-0.05, 0) is 49.2 Å². The molecule has 0 saturated carbocycles. The highest BCUT2D eigenvalue weighted by Crippen LogP contribution is 2.17. The van der Waals surface area contributed by atoms with Crippen molar-refractivity contribution in [3.05, 3.63) is 59.2 Å². The lowest BCUT2D eigenvalue weighted by atomic mass is 10.1. The fourth-order valence-corrected chi connectivity index (χ4v) is 2.21. The number of aryl methyl sites for hydroxylation is 2. The van der Waals surface area contributed by atoms with Crippen LogP contribution in [0, 0.1) is 13.8 Å². The normalized spacial score (nSPS) is 9.81. The summed E-state index contributed by atoms with van der Waals surface area (Å²) in [7, 11) is 0. The largest absolute Gasteiger partial charge is 0.484 e. The minimum Gasteiger partial charge on any atom is -0.484 e. The Balaban J connectivity index is 0.00000338. The number of nitrogens with one attached hydrogen (secondary N) is 2. The third kappa shape index (κ3) is 6.06. The van der Waals surface area contributed by atoms with E-state index in [9.17, 15) is 9.59 Å². The second-order valence-corrected chi connectivity index (χ2v) is 5.67. The molecule has 0 fully saturated rings. The van der Waals surface area contributed by atoms with Gasteiger partial charge in [-0.15, -0.1) is 12.4 Å². The number of halogens is 1. The van der Waals surface area contributed by atoms with Gasteiger partial charge in [0.15, 0.2) is 6.61 Å². The lowest BCUT2D eigenvalue weighted by molar-refractivity contribution is -0.118. The molecule has 0 heterocycles. The van der Waals surface area contributed by atoms with Crippen molar-refractivity contribution >= 4 is 29.9 Å². The Morgan fingerprint density at radius 3 is 2.50 bits per heavy atom. The van der Waals surface area contributed by atoms with Gasteiger partial charge >= 0.3 is 0 Å². The Hall–Kier alpha value is -2.57. The Morgan fingerprint density at radius 1 is 1.08 bits per heavy atom. The molecular weight excluding hydrogens is 354 g/mol. The molecule has 7 heteroatoms. The molecule has 0 aliphatic heterocycles. The first-order chi connectivity index (χ1) is 12.0. The number of para-hydroxylation sites is 1. The van der Waals surface area contributed by atoms with Crippen LogP contribution in [0.25, 0.3) is 0 Å². The maximum absolute atomic E-state index is 12.1. The van der Waals surface area contributed by atoms with Crippen LogP contribution in [0.1, 0.15) is 21.5 Å². The van der Waals surface area contributed by atoms with E-state index < -0.39 is 0 Å². The molecular formula is C19H24ClN3O3. The monoisotopic (exact) mass is 377 g/mol. The highest BCUT2D eigenvalue weighted by Gasteiger charge is 2.13. The van der Waals surface area contributed by atoms with Crippen molar-refractivity contribution in [3.63, 3.8) is 0 Å². The number of carbonyl (C=O) groups is 2. The van der Waals surface area contributed by atoms with Gasteiger partial charge < -0.3 is 21.1 Å². The summed E-state index contributed by atoms with van der Waals surface area (Å²) < 4.78 is 5.51. The van der Waals surface area contributed by atoms with Crippen molar-refractivity contribution in [1.82, 2.24) is 5.32 Å². The van der Waals surface area contributed by atoms with Crippen LogP contribution in [0.15, 0.2) is 42.5 Å². The zero-order valence-corrected chi connectivity index (χ0v) is 15.7. The van der Waals surface area contributed by atoms with Gasteiger partial charge in [-0.2, -0.15) is 0 Å². The fraction of sp³-hybridized carbons (Fsp3) is 0.263. The first-order valence-corrected chi connectivity index (χ1v) is 8.08. The fourth-order valence-electron chi connectivity index (χ4n) is 2.21. The van der Waals surface area contributed by atoms with Gasteiger partial charge in [0.05, 0.1) is 11.3 Å². The number of rotatable bonds is 7. The third-order valence-electron chi connectivity index (χ3n) is 3.72. The Labute approximate surface area is 159 Å². The summed E-state index contributed by atoms with van der Waals surface area (Å²) in [5, 5.41) is 5.39. The Morgan fingerprint density at radius 2 is 1.81 bits per heavy atom. The lowest BCUT2D eigenvalue weighted by Gasteiger charge is -2.12. The van der Waals surface area contributed by atoms with E-state index in [0.29, 0.717) is 30.1 Å². The van der Waals surface area contributed by atoms with Crippen molar-refractivity contribution in [2.24, 2.45) is 5.73 Å². The first kappa shape index (κ1) is 21.5. The van der Waals surface area contributed by atoms with E-state index in [-0.39, 0.29) is 30.8 Å². The average molecular weight is 378 g/mol. The summed E-state index contributed by atoms with van der Waals surface area (Å²) >= 11 is 0. The van der Waals surface area contributed by atoms with E-state index in [4.69, 9.17) is 10.5 Å². The number of hydrogen-bond donors (Lipinski definition) is 3. The van der Waals surface area contributed by atoms with Crippen LogP contribution >= 0.6 is 12.4 Å². The minimum absolute atomic E-state index is 0. The summed E-state index contributed by atoms with van der Waals surface area (Å²) in [5.74, 6) is 0.0148. The first-order valence-electron chi connectivity index (χ1n) is 8.08. The van der Waals surface area contributed by atoms with E-state index in [2.05, 4.69) is 10.6 Å². The number of nitrogens with two attached hydrogens (primary N) is 1. The van der Waals surface area contributed by atoms with Gasteiger partial charge in [0.25, 0.3) is 11.8 Å². The van der Waals surface area contributed by atoms with Crippen molar-refractivity contribution in [1.29, 1.82) is 0 Å². The van der Waals surface area contributed by atoms with Crippen LogP contribution < -0.4 is 21.1 Å². The van der Waals surface area contributed by atoms with E-state index >= 15 is 0 Å². The molecule has 4 N–H and O–H groups in total. The lowest BCUT2D eigenvalue weighted by Crippen LogP contribution is -2.30. The van der Waals surface area contributed by atoms with Crippen molar-refractivity contribution in [2.75, 3.05) is 25.0 Å². The van der Waals surface area contributed by atoms with Crippen LogP contribution in [0.2, 0.25) is 0 Å². The quantitative estimate of drug-likeness (QED) is 0.690. The summed E-state index contributed by atoms with van der Waals surface area (Å²) in [6, 6.07) is 12.5. The van der Waals surface area contributed by atoms with E-state index in [1.54, 1.807) is 24.3 Å². The Kier molecular flexibility index (Phi) is 8.61. The van der Waals surface area contributed by atoms with Gasteiger partial charge in [-0.1, -0.05) is 18.2 Å². The molecule has 0 atom stereocenters. The number of hydrogen-bond acceptors (Lipinski definition) is 4. The number of anilines is 1. The van der Waals surface area contributed by atoms with E-state index in [1.165, 1.54) is 0 Å². The highest BCUT2D eigenvalue weighted by molar-refractivity contribution is 6.04. The molecule has 0 aliphatic rings. The maximum atomic E-state index is 12.1.